The lowest BCUT2D eigenvalue weighted by atomic mass is 10.1. The number of hydrogen-bond acceptors (Lipinski definition) is 2. The van der Waals surface area contributed by atoms with Crippen molar-refractivity contribution in [3.05, 3.63) is 80.3 Å². The Hall–Kier alpha value is -1.74. The normalized spacial score (nSPS) is 15.9. The molecule has 3 rings (SSSR count). The van der Waals surface area contributed by atoms with Crippen molar-refractivity contribution in [3.8, 4) is 0 Å². The van der Waals surface area contributed by atoms with Gasteiger partial charge in [0.15, 0.2) is 0 Å². The Kier molecular flexibility index (Phi) is 4.25. The molecule has 0 unspecified atom stereocenters. The zero-order valence-corrected chi connectivity index (χ0v) is 13.4. The van der Waals surface area contributed by atoms with E-state index in [1.807, 2.05) is 0 Å². The van der Waals surface area contributed by atoms with Gasteiger partial charge >= 0.3 is 5.97 Å². The molecule has 0 saturated carbocycles. The largest absolute Gasteiger partial charge is 0.422 e. The van der Waals surface area contributed by atoms with Gasteiger partial charge in [-0.3, -0.25) is 0 Å². The highest BCUT2D eigenvalue weighted by Gasteiger charge is 2.22. The quantitative estimate of drug-likeness (QED) is 0.518. The molecular weight excluding hydrogens is 343 g/mol. The molecule has 1 heterocycles. The minimum atomic E-state index is -0.420. The van der Waals surface area contributed by atoms with E-state index in [0.717, 1.165) is 5.56 Å². The van der Waals surface area contributed by atoms with Gasteiger partial charge in [-0.1, -0.05) is 40.9 Å². The van der Waals surface area contributed by atoms with Crippen LogP contribution in [0.4, 0.5) is 0 Å². The Labute approximate surface area is 142 Å². The van der Waals surface area contributed by atoms with Crippen LogP contribution >= 0.6 is 34.8 Å². The van der Waals surface area contributed by atoms with E-state index in [-0.39, 0.29) is 0 Å². The number of hydrogen-bond donors (Lipinski definition) is 0. The lowest BCUT2D eigenvalue weighted by Gasteiger charge is -2.01. The fraction of sp³-hybridized carbons (Fsp3) is 0. The van der Waals surface area contributed by atoms with Gasteiger partial charge in [-0.2, -0.15) is 0 Å². The third-order valence-electron chi connectivity index (χ3n) is 3.13. The maximum absolute atomic E-state index is 12.0. The first-order valence-corrected chi connectivity index (χ1v) is 7.53. The number of halogens is 3. The summed E-state index contributed by atoms with van der Waals surface area (Å²) in [5.41, 5.74) is 1.91. The predicted octanol–water partition coefficient (Wildman–Crippen LogP) is 5.63. The third kappa shape index (κ3) is 3.20. The van der Waals surface area contributed by atoms with Gasteiger partial charge in [-0.25, -0.2) is 4.79 Å². The lowest BCUT2D eigenvalue weighted by molar-refractivity contribution is -0.130. The van der Waals surface area contributed by atoms with Crippen molar-refractivity contribution in [2.24, 2.45) is 0 Å². The third-order valence-corrected chi connectivity index (χ3v) is 3.94. The average Bonchev–Trinajstić information content (AvgIpc) is 2.84. The van der Waals surface area contributed by atoms with Crippen LogP contribution in [-0.2, 0) is 9.53 Å². The molecule has 0 bridgehead atoms. The van der Waals surface area contributed by atoms with Crippen molar-refractivity contribution < 1.29 is 9.53 Å². The molecule has 1 aliphatic heterocycles. The van der Waals surface area contributed by atoms with Gasteiger partial charge in [0.2, 0.25) is 0 Å². The van der Waals surface area contributed by atoms with Gasteiger partial charge in [0.05, 0.1) is 5.57 Å². The summed E-state index contributed by atoms with van der Waals surface area (Å²) in [5.74, 6) is 0.0639. The molecule has 0 aromatic heterocycles. The molecule has 110 valence electrons. The number of carbonyl (C=O) groups excluding carboxylic acids is 1. The number of rotatable bonds is 2. The molecule has 0 spiro atoms. The van der Waals surface area contributed by atoms with Crippen LogP contribution in [0.1, 0.15) is 11.1 Å². The number of esters is 1. The van der Waals surface area contributed by atoms with E-state index < -0.39 is 5.97 Å². The predicted molar refractivity (Wildman–Crippen MR) is 90.0 cm³/mol. The summed E-state index contributed by atoms with van der Waals surface area (Å²) in [6.45, 7) is 0. The van der Waals surface area contributed by atoms with Crippen molar-refractivity contribution >= 4 is 52.6 Å². The van der Waals surface area contributed by atoms with E-state index in [1.165, 1.54) is 0 Å². The molecule has 0 saturated heterocycles. The molecule has 22 heavy (non-hydrogen) atoms. The van der Waals surface area contributed by atoms with Crippen LogP contribution in [-0.4, -0.2) is 5.97 Å². The molecule has 1 aliphatic rings. The zero-order chi connectivity index (χ0) is 15.7. The summed E-state index contributed by atoms with van der Waals surface area (Å²) in [6, 6.07) is 12.1. The van der Waals surface area contributed by atoms with Crippen molar-refractivity contribution in [2.45, 2.75) is 0 Å². The molecule has 0 amide bonds. The van der Waals surface area contributed by atoms with Crippen LogP contribution in [0.15, 0.2) is 54.1 Å². The number of ether oxygens (including phenoxy) is 1. The van der Waals surface area contributed by atoms with Gasteiger partial charge in [-0.05, 0) is 54.1 Å². The van der Waals surface area contributed by atoms with Crippen LogP contribution in [0, 0.1) is 0 Å². The Morgan fingerprint density at radius 1 is 0.909 bits per heavy atom. The highest BCUT2D eigenvalue weighted by atomic mass is 35.5. The molecule has 2 nitrogen and oxygen atoms in total. The van der Waals surface area contributed by atoms with Crippen LogP contribution in [0.25, 0.3) is 11.8 Å². The molecule has 0 fully saturated rings. The molecule has 0 aliphatic carbocycles. The summed E-state index contributed by atoms with van der Waals surface area (Å²) in [4.78, 5) is 12.0. The highest BCUT2D eigenvalue weighted by molar-refractivity contribution is 6.35. The first-order chi connectivity index (χ1) is 10.5. The summed E-state index contributed by atoms with van der Waals surface area (Å²) in [5, 5.41) is 1.64. The number of carbonyl (C=O) groups is 1. The van der Waals surface area contributed by atoms with Crippen molar-refractivity contribution in [1.29, 1.82) is 0 Å². The van der Waals surface area contributed by atoms with Gasteiger partial charge in [0.25, 0.3) is 0 Å². The molecule has 0 radical (unpaired) electrons. The van der Waals surface area contributed by atoms with E-state index >= 15 is 0 Å². The first kappa shape index (κ1) is 15.2. The standard InChI is InChI=1S/C17H9Cl3O2/c18-13-4-1-10(2-5-13)16-8-12(17(21)22-16)7-11-3-6-14(19)9-15(11)20/h1-9H/b12-7+. The summed E-state index contributed by atoms with van der Waals surface area (Å²) in [6.07, 6.45) is 3.35. The molecule has 0 atom stereocenters. The Morgan fingerprint density at radius 3 is 2.27 bits per heavy atom. The molecular formula is C17H9Cl3O2. The first-order valence-electron chi connectivity index (χ1n) is 6.39. The monoisotopic (exact) mass is 350 g/mol. The molecule has 0 N–H and O–H groups in total. The van der Waals surface area contributed by atoms with E-state index in [1.54, 1.807) is 54.6 Å². The maximum Gasteiger partial charge on any atom is 0.343 e. The van der Waals surface area contributed by atoms with Crippen LogP contribution < -0.4 is 0 Å². The Bertz CT molecular complexity index is 805. The fourth-order valence-electron chi connectivity index (χ4n) is 2.03. The highest BCUT2D eigenvalue weighted by Crippen LogP contribution is 2.30. The SMILES string of the molecule is O=C1OC(c2ccc(Cl)cc2)=C/C1=C\c1ccc(Cl)cc1Cl. The van der Waals surface area contributed by atoms with Gasteiger partial charge in [0, 0.05) is 20.6 Å². The number of benzene rings is 2. The average molecular weight is 352 g/mol. The van der Waals surface area contributed by atoms with Crippen molar-refractivity contribution in [1.82, 2.24) is 0 Å². The van der Waals surface area contributed by atoms with E-state index in [2.05, 4.69) is 0 Å². The minimum absolute atomic E-state index is 0.420. The van der Waals surface area contributed by atoms with Crippen molar-refractivity contribution in [2.75, 3.05) is 0 Å². The van der Waals surface area contributed by atoms with Gasteiger partial charge in [-0.15, -0.1) is 0 Å². The van der Waals surface area contributed by atoms with Gasteiger partial charge in [0.1, 0.15) is 5.76 Å². The Balaban J connectivity index is 1.95. The summed E-state index contributed by atoms with van der Waals surface area (Å²) < 4.78 is 5.28. The van der Waals surface area contributed by atoms with Gasteiger partial charge < -0.3 is 4.74 Å². The second kappa shape index (κ2) is 6.17. The van der Waals surface area contributed by atoms with Crippen LogP contribution in [0.5, 0.6) is 0 Å². The van der Waals surface area contributed by atoms with E-state index in [4.69, 9.17) is 39.5 Å². The van der Waals surface area contributed by atoms with Crippen LogP contribution in [0.2, 0.25) is 15.1 Å². The van der Waals surface area contributed by atoms with Crippen molar-refractivity contribution in [3.63, 3.8) is 0 Å². The molecule has 2 aromatic rings. The fourth-order valence-corrected chi connectivity index (χ4v) is 2.62. The van der Waals surface area contributed by atoms with Crippen LogP contribution in [0.3, 0.4) is 0 Å². The van der Waals surface area contributed by atoms with E-state index in [9.17, 15) is 4.79 Å². The second-order valence-corrected chi connectivity index (χ2v) is 5.95. The maximum atomic E-state index is 12.0. The zero-order valence-electron chi connectivity index (χ0n) is 11.1. The summed E-state index contributed by atoms with van der Waals surface area (Å²) >= 11 is 17.8. The summed E-state index contributed by atoms with van der Waals surface area (Å²) in [7, 11) is 0. The smallest absolute Gasteiger partial charge is 0.343 e. The molecule has 5 heteroatoms. The second-order valence-electron chi connectivity index (χ2n) is 4.67. The Morgan fingerprint density at radius 2 is 1.59 bits per heavy atom. The molecule has 2 aromatic carbocycles. The number of cyclic esters (lactones) is 1. The lowest BCUT2D eigenvalue weighted by Crippen LogP contribution is -1.97. The van der Waals surface area contributed by atoms with E-state index in [0.29, 0.717) is 32.0 Å². The minimum Gasteiger partial charge on any atom is -0.422 e. The topological polar surface area (TPSA) is 26.3 Å².